The molecule has 0 unspecified atom stereocenters. The summed E-state index contributed by atoms with van der Waals surface area (Å²) in [6.07, 6.45) is 0. The van der Waals surface area contributed by atoms with Crippen molar-refractivity contribution in [3.63, 3.8) is 0 Å². The van der Waals surface area contributed by atoms with Crippen LogP contribution in [0.5, 0.6) is 0 Å². The SMILES string of the molecule is Cl.[B+2]c1ccc(C(=O)OC)cc1N.[OH-].[OH-]. The summed E-state index contributed by atoms with van der Waals surface area (Å²) in [5.41, 5.74) is 6.73. The summed E-state index contributed by atoms with van der Waals surface area (Å²) >= 11 is 0. The van der Waals surface area contributed by atoms with Crippen LogP contribution in [0.2, 0.25) is 0 Å². The molecule has 1 aromatic rings. The van der Waals surface area contributed by atoms with Crippen LogP contribution in [0.1, 0.15) is 10.4 Å². The fourth-order valence-electron chi connectivity index (χ4n) is 0.820. The molecule has 0 saturated heterocycles. The fourth-order valence-corrected chi connectivity index (χ4v) is 0.820. The Morgan fingerprint density at radius 1 is 1.40 bits per heavy atom. The molecule has 0 aliphatic carbocycles. The van der Waals surface area contributed by atoms with Gasteiger partial charge in [0.15, 0.2) is 0 Å². The molecule has 0 fully saturated rings. The number of rotatable bonds is 1. The zero-order valence-electron chi connectivity index (χ0n) is 8.01. The van der Waals surface area contributed by atoms with Crippen molar-refractivity contribution < 1.29 is 20.5 Å². The molecule has 0 radical (unpaired) electrons. The van der Waals surface area contributed by atoms with Crippen LogP contribution >= 0.6 is 12.4 Å². The molecule has 1 rings (SSSR count). The van der Waals surface area contributed by atoms with Crippen molar-refractivity contribution in [2.45, 2.75) is 0 Å². The number of esters is 1. The van der Waals surface area contributed by atoms with Crippen molar-refractivity contribution in [2.75, 3.05) is 12.8 Å². The van der Waals surface area contributed by atoms with Gasteiger partial charge in [0.25, 0.3) is 0 Å². The van der Waals surface area contributed by atoms with Crippen molar-refractivity contribution in [1.82, 2.24) is 0 Å². The van der Waals surface area contributed by atoms with E-state index in [0.29, 0.717) is 16.7 Å². The molecule has 5 nitrogen and oxygen atoms in total. The van der Waals surface area contributed by atoms with E-state index in [-0.39, 0.29) is 23.4 Å². The second kappa shape index (κ2) is 8.10. The molecule has 0 spiro atoms. The Kier molecular flexibility index (Phi) is 10.5. The molecule has 1 aromatic carbocycles. The number of carbonyl (C=O) groups excluding carboxylic acids is 1. The maximum atomic E-state index is 11.0. The third kappa shape index (κ3) is 4.69. The van der Waals surface area contributed by atoms with E-state index in [1.54, 1.807) is 12.1 Å². The van der Waals surface area contributed by atoms with Crippen molar-refractivity contribution in [3.05, 3.63) is 23.8 Å². The van der Waals surface area contributed by atoms with Crippen LogP contribution in [-0.2, 0) is 4.74 Å². The predicted octanol–water partition coefficient (Wildman–Crippen LogP) is -0.0826. The summed E-state index contributed by atoms with van der Waals surface area (Å²) in [4.78, 5) is 11.0. The van der Waals surface area contributed by atoms with Gasteiger partial charge in [-0.15, -0.1) is 12.4 Å². The minimum atomic E-state index is -0.415. The van der Waals surface area contributed by atoms with Gasteiger partial charge >= 0.3 is 71.1 Å². The van der Waals surface area contributed by atoms with Gasteiger partial charge in [-0.05, 0) is 0 Å². The molecule has 0 bridgehead atoms. The Morgan fingerprint density at radius 3 is 2.33 bits per heavy atom. The Morgan fingerprint density at radius 2 is 1.93 bits per heavy atom. The zero-order chi connectivity index (χ0) is 9.14. The number of nitrogen functional groups attached to an aromatic ring is 1. The van der Waals surface area contributed by atoms with E-state index >= 15 is 0 Å². The third-order valence-corrected chi connectivity index (χ3v) is 1.51. The van der Waals surface area contributed by atoms with Crippen molar-refractivity contribution in [2.24, 2.45) is 0 Å². The maximum Gasteiger partial charge on any atom is -0.870 e. The van der Waals surface area contributed by atoms with Crippen LogP contribution in [0, 0.1) is 0 Å². The number of benzene rings is 1. The molecule has 0 aliphatic heterocycles. The summed E-state index contributed by atoms with van der Waals surface area (Å²) < 4.78 is 4.50. The molecule has 15 heavy (non-hydrogen) atoms. The van der Waals surface area contributed by atoms with Gasteiger partial charge in [0.1, 0.15) is 0 Å². The predicted molar refractivity (Wildman–Crippen MR) is 58.7 cm³/mol. The fraction of sp³-hybridized carbons (Fsp3) is 0.125. The molecule has 7 heteroatoms. The summed E-state index contributed by atoms with van der Waals surface area (Å²) in [6, 6.07) is 4.63. The average Bonchev–Trinajstić information content (AvgIpc) is 2.08. The first kappa shape index (κ1) is 19.4. The number of methoxy groups -OCH3 is 1. The molecule has 0 aromatic heterocycles. The molecule has 0 saturated carbocycles. The number of nitrogens with two attached hydrogens (primary N) is 1. The van der Waals surface area contributed by atoms with Gasteiger partial charge in [0.05, 0.1) is 0 Å². The Bertz CT molecular complexity index is 322. The first-order valence-corrected chi connectivity index (χ1v) is 3.38. The van der Waals surface area contributed by atoms with E-state index in [9.17, 15) is 4.79 Å². The summed E-state index contributed by atoms with van der Waals surface area (Å²) in [6.45, 7) is 0. The molecular formula is C8H11BClNO4. The van der Waals surface area contributed by atoms with Gasteiger partial charge in [0, 0.05) is 0 Å². The van der Waals surface area contributed by atoms with E-state index in [2.05, 4.69) is 4.74 Å². The van der Waals surface area contributed by atoms with Gasteiger partial charge in [-0.3, -0.25) is 0 Å². The van der Waals surface area contributed by atoms with E-state index < -0.39 is 5.97 Å². The average molecular weight is 231 g/mol. The van der Waals surface area contributed by atoms with Gasteiger partial charge in [-0.25, -0.2) is 0 Å². The monoisotopic (exact) mass is 231 g/mol. The van der Waals surface area contributed by atoms with Crippen LogP contribution in [0.3, 0.4) is 0 Å². The minimum Gasteiger partial charge on any atom is -0.870 e. The molecule has 4 N–H and O–H groups in total. The van der Waals surface area contributed by atoms with Crippen molar-refractivity contribution >= 4 is 37.4 Å². The number of hydrogen-bond acceptors (Lipinski definition) is 5. The zero-order valence-corrected chi connectivity index (χ0v) is 8.82. The summed E-state index contributed by atoms with van der Waals surface area (Å²) in [5.74, 6) is -0.415. The molecule has 0 heterocycles. The number of halogens is 1. The van der Waals surface area contributed by atoms with Crippen LogP contribution in [0.15, 0.2) is 18.2 Å². The van der Waals surface area contributed by atoms with Crippen LogP contribution < -0.4 is 11.2 Å². The maximum absolute atomic E-state index is 11.0. The number of carbonyl (C=O) groups is 1. The molecule has 82 valence electrons. The molecular weight excluding hydrogens is 220 g/mol. The van der Waals surface area contributed by atoms with E-state index in [1.165, 1.54) is 13.2 Å². The van der Waals surface area contributed by atoms with Gasteiger partial charge in [0.2, 0.25) is 0 Å². The number of anilines is 1. The molecule has 0 atom stereocenters. The smallest absolute Gasteiger partial charge is 0.870 e. The van der Waals surface area contributed by atoms with E-state index in [1.807, 2.05) is 0 Å². The topological polar surface area (TPSA) is 112 Å². The molecule has 0 amide bonds. The molecule has 0 aliphatic rings. The van der Waals surface area contributed by atoms with E-state index in [0.717, 1.165) is 0 Å². The minimum absolute atomic E-state index is 0. The normalized spacial score (nSPS) is 7.67. The van der Waals surface area contributed by atoms with Crippen molar-refractivity contribution in [3.8, 4) is 0 Å². The quantitative estimate of drug-likeness (QED) is 0.412. The van der Waals surface area contributed by atoms with Crippen LogP contribution in [0.4, 0.5) is 5.69 Å². The van der Waals surface area contributed by atoms with Gasteiger partial charge < -0.3 is 11.0 Å². The second-order valence-electron chi connectivity index (χ2n) is 2.34. The van der Waals surface area contributed by atoms with Gasteiger partial charge in [-0.2, -0.15) is 0 Å². The van der Waals surface area contributed by atoms with E-state index in [4.69, 9.17) is 13.6 Å². The first-order valence-electron chi connectivity index (χ1n) is 3.38. The number of ether oxygens (including phenoxy) is 1. The van der Waals surface area contributed by atoms with Crippen LogP contribution in [0.25, 0.3) is 0 Å². The second-order valence-corrected chi connectivity index (χ2v) is 2.34. The summed E-state index contributed by atoms with van der Waals surface area (Å²) in [7, 11) is 6.77. The first-order chi connectivity index (χ1) is 5.65. The number of hydrogen-bond donors (Lipinski definition) is 1. The largest absolute Gasteiger partial charge is 0.870 e. The Balaban J connectivity index is -0.000000480. The third-order valence-electron chi connectivity index (χ3n) is 1.51. The Labute approximate surface area is 95.0 Å². The van der Waals surface area contributed by atoms with Crippen molar-refractivity contribution in [1.29, 1.82) is 0 Å². The standard InChI is InChI=1S/C8H8BNO2.ClH.2H2O/c1-12-8(11)5-2-3-6(9)7(10)4-5;;;/h2-4H,10H2,1H3;1H;2*1H2/q+2;;;/p-2. The Hall–Kier alpha value is -1.24. The summed E-state index contributed by atoms with van der Waals surface area (Å²) in [5, 5.41) is 0. The van der Waals surface area contributed by atoms with Crippen LogP contribution in [-0.4, -0.2) is 31.9 Å². The van der Waals surface area contributed by atoms with Gasteiger partial charge in [-0.1, -0.05) is 0 Å².